The first-order valence-corrected chi connectivity index (χ1v) is 13.4. The van der Waals surface area contributed by atoms with Gasteiger partial charge in [0.05, 0.1) is 5.69 Å². The molecule has 1 aliphatic heterocycles. The first-order valence-electron chi connectivity index (χ1n) is 13.4. The fourth-order valence-corrected chi connectivity index (χ4v) is 5.16. The Balaban J connectivity index is 1.58. The zero-order valence-electron chi connectivity index (χ0n) is 22.7. The monoisotopic (exact) mass is 502 g/mol. The van der Waals surface area contributed by atoms with Crippen molar-refractivity contribution >= 4 is 23.8 Å². The minimum atomic E-state index is -0.786. The second-order valence-corrected chi connectivity index (χ2v) is 10.7. The molecule has 2 aromatic rings. The summed E-state index contributed by atoms with van der Waals surface area (Å²) in [6.45, 7) is 9.57. The van der Waals surface area contributed by atoms with Gasteiger partial charge in [0.1, 0.15) is 17.7 Å². The number of likely N-dealkylation sites (tertiary alicyclic amines) is 1. The van der Waals surface area contributed by atoms with Crippen molar-refractivity contribution in [3.8, 4) is 11.1 Å². The van der Waals surface area contributed by atoms with Gasteiger partial charge in [0.15, 0.2) is 0 Å². The molecule has 0 radical (unpaired) electrons. The zero-order chi connectivity index (χ0) is 26.8. The number of piperidine rings is 1. The van der Waals surface area contributed by atoms with Crippen LogP contribution in [0.25, 0.3) is 11.1 Å². The van der Waals surface area contributed by atoms with E-state index in [1.54, 1.807) is 0 Å². The summed E-state index contributed by atoms with van der Waals surface area (Å²) < 4.78 is 0. The van der Waals surface area contributed by atoms with Crippen LogP contribution in [0, 0.1) is 11.8 Å². The van der Waals surface area contributed by atoms with Crippen molar-refractivity contribution in [1.82, 2.24) is 4.90 Å². The zero-order valence-corrected chi connectivity index (χ0v) is 22.7. The quantitative estimate of drug-likeness (QED) is 0.216. The second kappa shape index (κ2) is 13.2. The highest BCUT2D eigenvalue weighted by Gasteiger charge is 2.25. The number of aliphatic imine (C=N–C) groups is 1. The number of carbonyl (C=O) groups is 2. The van der Waals surface area contributed by atoms with E-state index in [0.717, 1.165) is 61.9 Å². The van der Waals surface area contributed by atoms with Gasteiger partial charge in [0.2, 0.25) is 0 Å². The summed E-state index contributed by atoms with van der Waals surface area (Å²) in [5, 5.41) is 3.13. The summed E-state index contributed by atoms with van der Waals surface area (Å²) in [4.78, 5) is 31.2. The van der Waals surface area contributed by atoms with Gasteiger partial charge in [0, 0.05) is 18.7 Å². The maximum atomic E-state index is 13.1. The Morgan fingerprint density at radius 1 is 1.14 bits per heavy atom. The van der Waals surface area contributed by atoms with Crippen molar-refractivity contribution in [1.29, 1.82) is 0 Å². The van der Waals surface area contributed by atoms with Crippen LogP contribution in [-0.4, -0.2) is 41.7 Å². The molecule has 37 heavy (non-hydrogen) atoms. The molecule has 0 saturated carbocycles. The highest BCUT2D eigenvalue weighted by molar-refractivity contribution is 5.95. The average Bonchev–Trinajstić information content (AvgIpc) is 2.89. The highest BCUT2D eigenvalue weighted by Crippen LogP contribution is 2.29. The van der Waals surface area contributed by atoms with Crippen LogP contribution in [-0.2, 0) is 4.79 Å². The van der Waals surface area contributed by atoms with Crippen LogP contribution >= 0.6 is 0 Å². The molecule has 2 amide bonds. The molecule has 0 aromatic heterocycles. The lowest BCUT2D eigenvalue weighted by atomic mass is 9.89. The molecular formula is C31H42N4O2. The third kappa shape index (κ3) is 8.31. The largest absolute Gasteiger partial charge is 0.384 e. The molecule has 3 N–H and O–H groups in total. The lowest BCUT2D eigenvalue weighted by Crippen LogP contribution is -2.41. The number of hydrogen-bond acceptors (Lipinski definition) is 3. The number of hydrogen-bond donors (Lipinski definition) is 2. The van der Waals surface area contributed by atoms with Crippen LogP contribution < -0.4 is 11.1 Å². The van der Waals surface area contributed by atoms with Crippen LogP contribution in [0.3, 0.4) is 0 Å². The van der Waals surface area contributed by atoms with Crippen molar-refractivity contribution in [2.24, 2.45) is 22.6 Å². The molecule has 6 nitrogen and oxygen atoms in total. The molecule has 0 bridgehead atoms. The molecule has 1 fully saturated rings. The van der Waals surface area contributed by atoms with Crippen molar-refractivity contribution < 1.29 is 9.59 Å². The Kier molecular flexibility index (Phi) is 10.1. The number of amides is 2. The van der Waals surface area contributed by atoms with Crippen LogP contribution in [0.4, 0.5) is 10.5 Å². The molecule has 3 rings (SSSR count). The van der Waals surface area contributed by atoms with Gasteiger partial charge in [-0.15, -0.1) is 0 Å². The van der Waals surface area contributed by atoms with Gasteiger partial charge in [-0.2, -0.15) is 0 Å². The normalized spacial score (nSPS) is 16.9. The van der Waals surface area contributed by atoms with E-state index < -0.39 is 5.54 Å². The van der Waals surface area contributed by atoms with Gasteiger partial charge in [0.25, 0.3) is 0 Å². The topological polar surface area (TPSA) is 87.8 Å². The molecule has 2 aromatic carbocycles. The number of para-hydroxylation sites is 1. The van der Waals surface area contributed by atoms with E-state index in [2.05, 4.69) is 43.2 Å². The number of benzene rings is 2. The summed E-state index contributed by atoms with van der Waals surface area (Å²) in [6, 6.07) is 18.0. The van der Waals surface area contributed by atoms with Gasteiger partial charge in [-0.3, -0.25) is 4.99 Å². The third-order valence-electron chi connectivity index (χ3n) is 6.97. The Morgan fingerprint density at radius 2 is 1.78 bits per heavy atom. The van der Waals surface area contributed by atoms with Crippen molar-refractivity contribution in [3.63, 3.8) is 0 Å². The molecule has 6 heteroatoms. The number of amidine groups is 1. The maximum Gasteiger partial charge on any atom is 0.321 e. The molecule has 1 saturated heterocycles. The molecule has 198 valence electrons. The number of carbonyl (C=O) groups excluding carboxylic acids is 2. The SMILES string of the molecule is CC/C(=C/C(N)=NC(C)(C=O)CC(C)C)CC1CCN(C(=O)Nc2ccccc2-c2ccccc2)CC1. The molecule has 1 atom stereocenters. The maximum absolute atomic E-state index is 13.1. The van der Waals surface area contributed by atoms with E-state index in [0.29, 0.717) is 24.1 Å². The lowest BCUT2D eigenvalue weighted by molar-refractivity contribution is -0.112. The van der Waals surface area contributed by atoms with Crippen LogP contribution in [0.15, 0.2) is 71.2 Å². The Morgan fingerprint density at radius 3 is 2.41 bits per heavy atom. The van der Waals surface area contributed by atoms with Crippen molar-refractivity contribution in [2.75, 3.05) is 18.4 Å². The Labute approximate surface area is 222 Å². The second-order valence-electron chi connectivity index (χ2n) is 10.7. The van der Waals surface area contributed by atoms with E-state index in [-0.39, 0.29) is 6.03 Å². The summed E-state index contributed by atoms with van der Waals surface area (Å²) in [6.07, 6.45) is 7.22. The van der Waals surface area contributed by atoms with E-state index in [1.807, 2.05) is 60.4 Å². The number of nitrogens with one attached hydrogen (secondary N) is 1. The van der Waals surface area contributed by atoms with Crippen LogP contribution in [0.5, 0.6) is 0 Å². The summed E-state index contributed by atoms with van der Waals surface area (Å²) in [5.74, 6) is 1.27. The number of nitrogens with zero attached hydrogens (tertiary/aromatic N) is 2. The fraction of sp³-hybridized carbons (Fsp3) is 0.452. The van der Waals surface area contributed by atoms with Gasteiger partial charge < -0.3 is 20.7 Å². The minimum Gasteiger partial charge on any atom is -0.384 e. The van der Waals surface area contributed by atoms with Gasteiger partial charge in [-0.1, -0.05) is 74.9 Å². The van der Waals surface area contributed by atoms with E-state index in [4.69, 9.17) is 5.73 Å². The summed E-state index contributed by atoms with van der Waals surface area (Å²) >= 11 is 0. The summed E-state index contributed by atoms with van der Waals surface area (Å²) in [5.41, 5.74) is 9.61. The van der Waals surface area contributed by atoms with Crippen LogP contribution in [0.1, 0.15) is 59.8 Å². The number of anilines is 1. The van der Waals surface area contributed by atoms with Crippen LogP contribution in [0.2, 0.25) is 0 Å². The predicted octanol–water partition coefficient (Wildman–Crippen LogP) is 6.68. The van der Waals surface area contributed by atoms with Crippen molar-refractivity contribution in [3.05, 3.63) is 66.2 Å². The van der Waals surface area contributed by atoms with E-state index in [1.165, 1.54) is 5.57 Å². The number of aldehydes is 1. The molecule has 0 aliphatic carbocycles. The number of nitrogens with two attached hydrogens (primary N) is 1. The van der Waals surface area contributed by atoms with Gasteiger partial charge >= 0.3 is 6.03 Å². The predicted molar refractivity (Wildman–Crippen MR) is 154 cm³/mol. The minimum absolute atomic E-state index is 0.0530. The summed E-state index contributed by atoms with van der Waals surface area (Å²) in [7, 11) is 0. The molecule has 0 spiro atoms. The average molecular weight is 503 g/mol. The number of rotatable bonds is 10. The molecular weight excluding hydrogens is 460 g/mol. The Hall–Kier alpha value is -3.41. The van der Waals surface area contributed by atoms with E-state index >= 15 is 0 Å². The molecule has 1 unspecified atom stereocenters. The Bertz CT molecular complexity index is 1100. The lowest BCUT2D eigenvalue weighted by Gasteiger charge is -2.32. The van der Waals surface area contributed by atoms with Crippen molar-refractivity contribution in [2.45, 2.75) is 65.3 Å². The van der Waals surface area contributed by atoms with E-state index in [9.17, 15) is 9.59 Å². The van der Waals surface area contributed by atoms with Gasteiger partial charge in [-0.05, 0) is 68.6 Å². The first kappa shape index (κ1) is 28.2. The highest BCUT2D eigenvalue weighted by atomic mass is 16.2. The smallest absolute Gasteiger partial charge is 0.321 e. The third-order valence-corrected chi connectivity index (χ3v) is 6.97. The standard InChI is InChI=1S/C31H42N4O2/c1-5-24(20-29(32)34-31(4,22-36)21-23(2)3)19-25-15-17-35(18-16-25)30(37)33-28-14-10-9-13-27(28)26-11-7-6-8-12-26/h6-14,20,22-23,25H,5,15-19,21H2,1-4H3,(H2,32,34)(H,33,37)/b24-20-. The number of urea groups is 1. The first-order chi connectivity index (χ1) is 17.7. The van der Waals surface area contributed by atoms with Gasteiger partial charge in [-0.25, -0.2) is 4.79 Å². The number of allylic oxidation sites excluding steroid dienone is 1. The molecule has 1 aliphatic rings. The molecule has 1 heterocycles. The fourth-order valence-electron chi connectivity index (χ4n) is 5.16.